The molecule has 0 spiro atoms. The van der Waals surface area contributed by atoms with Crippen LogP contribution in [0.4, 0.5) is 0 Å². The zero-order valence-corrected chi connectivity index (χ0v) is 15.6. The lowest BCUT2D eigenvalue weighted by Gasteiger charge is -2.29. The van der Waals surface area contributed by atoms with Crippen LogP contribution in [0.5, 0.6) is 5.75 Å². The van der Waals surface area contributed by atoms with Crippen molar-refractivity contribution >= 4 is 5.91 Å². The van der Waals surface area contributed by atoms with Gasteiger partial charge in [0.2, 0.25) is 5.91 Å². The first-order valence-electron chi connectivity index (χ1n) is 8.66. The largest absolute Gasteiger partial charge is 0.493 e. The number of carbonyl (C=O) groups is 1. The predicted molar refractivity (Wildman–Crippen MR) is 95.9 cm³/mol. The maximum atomic E-state index is 10.8. The molecule has 0 aliphatic rings. The summed E-state index contributed by atoms with van der Waals surface area (Å²) in [6, 6.07) is 6.58. The zero-order chi connectivity index (χ0) is 17.7. The highest BCUT2D eigenvalue weighted by Gasteiger charge is 2.25. The summed E-state index contributed by atoms with van der Waals surface area (Å²) in [6.45, 7) is 13.8. The smallest absolute Gasteiger partial charge is 0.238 e. The molecule has 1 aromatic rings. The lowest BCUT2D eigenvalue weighted by atomic mass is 9.77. The first-order chi connectivity index (χ1) is 10.6. The number of amides is 1. The minimum atomic E-state index is -0.524. The molecular weight excluding hydrogens is 286 g/mol. The molecule has 0 saturated heterocycles. The van der Waals surface area contributed by atoms with Crippen LogP contribution in [0.3, 0.4) is 0 Å². The first kappa shape index (κ1) is 19.5. The van der Waals surface area contributed by atoms with E-state index in [1.165, 1.54) is 11.1 Å². The summed E-state index contributed by atoms with van der Waals surface area (Å²) in [5, 5.41) is 0. The Labute approximate surface area is 141 Å². The summed E-state index contributed by atoms with van der Waals surface area (Å²) in [5.41, 5.74) is 9.64. The van der Waals surface area contributed by atoms with Crippen LogP contribution in [-0.2, 0) is 15.6 Å². The minimum Gasteiger partial charge on any atom is -0.493 e. The molecule has 0 unspecified atom stereocenters. The van der Waals surface area contributed by atoms with E-state index in [2.05, 4.69) is 59.7 Å². The Morgan fingerprint density at radius 3 is 2.22 bits per heavy atom. The molecule has 129 valence electrons. The molecule has 0 bridgehead atoms. The standard InChI is InChI=1S/C20H32NO2/c1-7-19(3,4)15-11-12-16(20(5,6)8-2)17(14-15)23-13-9-10-18(21)22/h11-12,14,21H,7-10,13H2,1-6H3. The monoisotopic (exact) mass is 318 g/mol. The molecule has 1 aromatic carbocycles. The number of carbonyl (C=O) groups excluding carboxylic acids is 1. The third-order valence-corrected chi connectivity index (χ3v) is 5.07. The van der Waals surface area contributed by atoms with Gasteiger partial charge in [0.15, 0.2) is 0 Å². The second-order valence-corrected chi connectivity index (χ2v) is 7.56. The Balaban J connectivity index is 3.09. The quantitative estimate of drug-likeness (QED) is 0.599. The molecule has 1 rings (SSSR count). The van der Waals surface area contributed by atoms with E-state index < -0.39 is 5.91 Å². The summed E-state index contributed by atoms with van der Waals surface area (Å²) in [5.74, 6) is 0.400. The van der Waals surface area contributed by atoms with Crippen molar-refractivity contribution in [1.29, 1.82) is 0 Å². The fraction of sp³-hybridized carbons (Fsp3) is 0.650. The van der Waals surface area contributed by atoms with E-state index in [1.54, 1.807) is 0 Å². The third kappa shape index (κ3) is 5.26. The summed E-state index contributed by atoms with van der Waals surface area (Å²) in [6.07, 6.45) is 2.95. The van der Waals surface area contributed by atoms with Crippen LogP contribution in [0.1, 0.15) is 78.4 Å². The van der Waals surface area contributed by atoms with Crippen molar-refractivity contribution in [3.05, 3.63) is 29.3 Å². The number of hydrogen-bond acceptors (Lipinski definition) is 2. The molecule has 0 fully saturated rings. The highest BCUT2D eigenvalue weighted by molar-refractivity contribution is 5.72. The Bertz CT molecular complexity index is 532. The molecule has 1 radical (unpaired) electrons. The van der Waals surface area contributed by atoms with Gasteiger partial charge in [0.05, 0.1) is 6.61 Å². The van der Waals surface area contributed by atoms with Crippen LogP contribution in [0.2, 0.25) is 0 Å². The number of rotatable bonds is 9. The fourth-order valence-corrected chi connectivity index (χ4v) is 2.43. The van der Waals surface area contributed by atoms with Crippen LogP contribution in [0.25, 0.3) is 0 Å². The highest BCUT2D eigenvalue weighted by atomic mass is 16.5. The van der Waals surface area contributed by atoms with Gasteiger partial charge in [-0.2, -0.15) is 0 Å². The molecule has 0 aliphatic carbocycles. The van der Waals surface area contributed by atoms with Crippen LogP contribution in [0, 0.1) is 0 Å². The van der Waals surface area contributed by atoms with Crippen molar-refractivity contribution in [2.75, 3.05) is 6.61 Å². The summed E-state index contributed by atoms with van der Waals surface area (Å²) < 4.78 is 6.02. The second kappa shape index (κ2) is 7.85. The van der Waals surface area contributed by atoms with Crippen LogP contribution in [-0.4, -0.2) is 12.5 Å². The van der Waals surface area contributed by atoms with Gasteiger partial charge >= 0.3 is 0 Å². The van der Waals surface area contributed by atoms with E-state index in [4.69, 9.17) is 10.5 Å². The molecule has 0 heterocycles. The SMILES string of the molecule is CCC(C)(C)c1ccc(C(C)(C)CC)c(OCCCC([NH])=O)c1. The average molecular weight is 318 g/mol. The topological polar surface area (TPSA) is 50.1 Å². The molecule has 0 saturated carbocycles. The van der Waals surface area contributed by atoms with Gasteiger partial charge in [-0.1, -0.05) is 53.7 Å². The highest BCUT2D eigenvalue weighted by Crippen LogP contribution is 2.38. The molecule has 3 heteroatoms. The van der Waals surface area contributed by atoms with Crippen molar-refractivity contribution in [3.8, 4) is 5.75 Å². The normalized spacial score (nSPS) is 12.3. The van der Waals surface area contributed by atoms with Gasteiger partial charge in [0.1, 0.15) is 5.75 Å². The van der Waals surface area contributed by atoms with Gasteiger partial charge in [-0.25, -0.2) is 0 Å². The molecule has 0 aliphatic heterocycles. The summed E-state index contributed by atoms with van der Waals surface area (Å²) in [7, 11) is 0. The van der Waals surface area contributed by atoms with E-state index in [9.17, 15) is 4.79 Å². The second-order valence-electron chi connectivity index (χ2n) is 7.56. The Hall–Kier alpha value is -1.51. The lowest BCUT2D eigenvalue weighted by Crippen LogP contribution is -2.20. The predicted octanol–water partition coefficient (Wildman–Crippen LogP) is 5.03. The van der Waals surface area contributed by atoms with Crippen molar-refractivity contribution < 1.29 is 9.53 Å². The molecule has 0 atom stereocenters. The maximum absolute atomic E-state index is 10.8. The van der Waals surface area contributed by atoms with Gasteiger partial charge in [-0.05, 0) is 47.3 Å². The van der Waals surface area contributed by atoms with Gasteiger partial charge < -0.3 is 4.74 Å². The lowest BCUT2D eigenvalue weighted by molar-refractivity contribution is -0.118. The van der Waals surface area contributed by atoms with Gasteiger partial charge in [0, 0.05) is 6.42 Å². The average Bonchev–Trinajstić information content (AvgIpc) is 2.51. The number of benzene rings is 1. The number of ether oxygens (including phenoxy) is 1. The molecule has 1 amide bonds. The molecule has 23 heavy (non-hydrogen) atoms. The van der Waals surface area contributed by atoms with Gasteiger partial charge in [-0.3, -0.25) is 10.5 Å². The van der Waals surface area contributed by atoms with Crippen LogP contribution < -0.4 is 10.5 Å². The van der Waals surface area contributed by atoms with E-state index in [0.717, 1.165) is 18.6 Å². The van der Waals surface area contributed by atoms with E-state index >= 15 is 0 Å². The molecular formula is C20H32NO2. The van der Waals surface area contributed by atoms with E-state index in [-0.39, 0.29) is 17.3 Å². The maximum Gasteiger partial charge on any atom is 0.238 e. The van der Waals surface area contributed by atoms with Crippen molar-refractivity contribution in [2.45, 2.75) is 78.1 Å². The van der Waals surface area contributed by atoms with Crippen molar-refractivity contribution in [1.82, 2.24) is 5.73 Å². The zero-order valence-electron chi connectivity index (χ0n) is 15.6. The first-order valence-corrected chi connectivity index (χ1v) is 8.66. The van der Waals surface area contributed by atoms with Crippen molar-refractivity contribution in [3.63, 3.8) is 0 Å². The Morgan fingerprint density at radius 1 is 1.09 bits per heavy atom. The van der Waals surface area contributed by atoms with Crippen LogP contribution >= 0.6 is 0 Å². The summed E-state index contributed by atoms with van der Waals surface area (Å²) >= 11 is 0. The molecule has 3 nitrogen and oxygen atoms in total. The van der Waals surface area contributed by atoms with Crippen molar-refractivity contribution in [2.24, 2.45) is 0 Å². The van der Waals surface area contributed by atoms with Gasteiger partial charge in [-0.15, -0.1) is 0 Å². The van der Waals surface area contributed by atoms with Crippen LogP contribution in [0.15, 0.2) is 18.2 Å². The number of nitrogens with one attached hydrogen (secondary N) is 1. The molecule has 1 N–H and O–H groups in total. The Kier molecular flexibility index (Phi) is 6.67. The minimum absolute atomic E-state index is 0.0511. The van der Waals surface area contributed by atoms with E-state index in [1.807, 2.05) is 0 Å². The summed E-state index contributed by atoms with van der Waals surface area (Å²) in [4.78, 5) is 10.8. The third-order valence-electron chi connectivity index (χ3n) is 5.07. The molecule has 0 aromatic heterocycles. The van der Waals surface area contributed by atoms with E-state index in [0.29, 0.717) is 13.0 Å². The fourth-order valence-electron chi connectivity index (χ4n) is 2.43. The Morgan fingerprint density at radius 2 is 1.70 bits per heavy atom. The number of hydrogen-bond donors (Lipinski definition) is 0. The van der Waals surface area contributed by atoms with Gasteiger partial charge in [0.25, 0.3) is 0 Å².